The molecule has 3 rings (SSSR count). The number of para-hydroxylation sites is 1. The Morgan fingerprint density at radius 2 is 1.84 bits per heavy atom. The second-order valence-corrected chi connectivity index (χ2v) is 7.10. The zero-order valence-corrected chi connectivity index (χ0v) is 18.1. The topological polar surface area (TPSA) is 98.1 Å². The number of esters is 1. The van der Waals surface area contributed by atoms with Crippen molar-refractivity contribution in [3.05, 3.63) is 83.3 Å². The number of aryl methyl sites for hydroxylation is 1. The summed E-state index contributed by atoms with van der Waals surface area (Å²) in [6, 6.07) is 15.3. The fourth-order valence-corrected chi connectivity index (χ4v) is 2.97. The normalized spacial score (nSPS) is 10.3. The third kappa shape index (κ3) is 5.54. The molecule has 1 N–H and O–H groups in total. The van der Waals surface area contributed by atoms with E-state index in [4.69, 9.17) is 13.9 Å². The van der Waals surface area contributed by atoms with Gasteiger partial charge in [0.05, 0.1) is 18.9 Å². The third-order valence-corrected chi connectivity index (χ3v) is 4.82. The van der Waals surface area contributed by atoms with Crippen molar-refractivity contribution in [3.8, 4) is 5.75 Å². The van der Waals surface area contributed by atoms with E-state index in [-0.39, 0.29) is 17.2 Å². The molecule has 166 valence electrons. The van der Waals surface area contributed by atoms with E-state index < -0.39 is 18.5 Å². The molecule has 0 bridgehead atoms. The molecule has 0 saturated heterocycles. The number of nitrogens with zero attached hydrogens (tertiary/aromatic N) is 1. The van der Waals surface area contributed by atoms with Crippen molar-refractivity contribution in [2.24, 2.45) is 0 Å². The molecule has 0 atom stereocenters. The third-order valence-electron chi connectivity index (χ3n) is 4.82. The highest BCUT2D eigenvalue weighted by Crippen LogP contribution is 2.20. The van der Waals surface area contributed by atoms with E-state index in [2.05, 4.69) is 5.32 Å². The molecule has 2 aromatic carbocycles. The first-order valence-electron chi connectivity index (χ1n) is 9.87. The maximum absolute atomic E-state index is 12.5. The molecule has 0 fully saturated rings. The number of furan rings is 1. The summed E-state index contributed by atoms with van der Waals surface area (Å²) in [4.78, 5) is 38.6. The lowest BCUT2D eigenvalue weighted by Gasteiger charge is -2.19. The highest BCUT2D eigenvalue weighted by atomic mass is 16.5. The van der Waals surface area contributed by atoms with Crippen LogP contribution in [0.4, 0.5) is 5.69 Å². The average Bonchev–Trinajstić information content (AvgIpc) is 3.34. The van der Waals surface area contributed by atoms with Gasteiger partial charge in [-0.05, 0) is 42.8 Å². The highest BCUT2D eigenvalue weighted by molar-refractivity contribution is 6.03. The number of amides is 2. The minimum absolute atomic E-state index is 0.154. The quantitative estimate of drug-likeness (QED) is 0.541. The molecular formula is C24H24N2O6. The molecule has 8 heteroatoms. The van der Waals surface area contributed by atoms with Gasteiger partial charge in [0, 0.05) is 24.8 Å². The number of rotatable bonds is 8. The van der Waals surface area contributed by atoms with E-state index in [1.54, 1.807) is 39.3 Å². The number of carbonyl (C=O) groups is 3. The number of benzene rings is 2. The van der Waals surface area contributed by atoms with Crippen LogP contribution in [-0.4, -0.2) is 43.4 Å². The summed E-state index contributed by atoms with van der Waals surface area (Å²) < 4.78 is 15.6. The Morgan fingerprint density at radius 1 is 1.06 bits per heavy atom. The van der Waals surface area contributed by atoms with Crippen LogP contribution in [0.25, 0.3) is 0 Å². The van der Waals surface area contributed by atoms with Gasteiger partial charge < -0.3 is 24.1 Å². The van der Waals surface area contributed by atoms with Gasteiger partial charge in [0.1, 0.15) is 5.75 Å². The largest absolute Gasteiger partial charge is 0.496 e. The van der Waals surface area contributed by atoms with Gasteiger partial charge >= 0.3 is 5.97 Å². The van der Waals surface area contributed by atoms with Crippen LogP contribution in [0.3, 0.4) is 0 Å². The van der Waals surface area contributed by atoms with Gasteiger partial charge in [0.2, 0.25) is 0 Å². The predicted octanol–water partition coefficient (Wildman–Crippen LogP) is 3.66. The van der Waals surface area contributed by atoms with Crippen LogP contribution < -0.4 is 10.1 Å². The molecule has 1 aromatic heterocycles. The summed E-state index contributed by atoms with van der Waals surface area (Å²) in [7, 11) is 3.19. The number of hydrogen-bond acceptors (Lipinski definition) is 6. The fourth-order valence-electron chi connectivity index (χ4n) is 2.97. The van der Waals surface area contributed by atoms with Crippen LogP contribution in [-0.2, 0) is 16.1 Å². The Labute approximate surface area is 185 Å². The molecule has 3 aromatic rings. The summed E-state index contributed by atoms with van der Waals surface area (Å²) in [6.07, 6.45) is 1.40. The van der Waals surface area contributed by atoms with E-state index in [0.29, 0.717) is 18.0 Å². The zero-order chi connectivity index (χ0) is 23.1. The number of likely N-dealkylation sites (N-methyl/N-ethyl adjacent to an activating group) is 1. The fraction of sp³-hybridized carbons (Fsp3) is 0.208. The number of methoxy groups -OCH3 is 1. The molecule has 0 aliphatic rings. The van der Waals surface area contributed by atoms with Gasteiger partial charge in [-0.2, -0.15) is 0 Å². The second kappa shape index (κ2) is 10.3. The van der Waals surface area contributed by atoms with Crippen molar-refractivity contribution >= 4 is 23.5 Å². The van der Waals surface area contributed by atoms with E-state index in [1.807, 2.05) is 24.3 Å². The molecule has 0 unspecified atom stereocenters. The number of hydrogen-bond donors (Lipinski definition) is 1. The van der Waals surface area contributed by atoms with Crippen LogP contribution in [0.15, 0.2) is 65.3 Å². The minimum Gasteiger partial charge on any atom is -0.496 e. The average molecular weight is 436 g/mol. The SMILES string of the molecule is COc1ccccc1CN(C)C(=O)COC(=O)c1ccc(C)c(NC(=O)c2ccco2)c1. The van der Waals surface area contributed by atoms with E-state index in [0.717, 1.165) is 11.1 Å². The van der Waals surface area contributed by atoms with Crippen molar-refractivity contribution in [2.45, 2.75) is 13.5 Å². The number of ether oxygens (including phenoxy) is 2. The Hall–Kier alpha value is -4.07. The standard InChI is InChI=1S/C24H24N2O6/c1-16-10-11-17(13-19(16)25-23(28)21-9-6-12-31-21)24(29)32-15-22(27)26(2)14-18-7-4-5-8-20(18)30-3/h4-13H,14-15H2,1-3H3,(H,25,28). The number of carbonyl (C=O) groups excluding carboxylic acids is 3. The predicted molar refractivity (Wildman–Crippen MR) is 118 cm³/mol. The van der Waals surface area contributed by atoms with Gasteiger partial charge in [-0.3, -0.25) is 9.59 Å². The van der Waals surface area contributed by atoms with Gasteiger partial charge in [-0.25, -0.2) is 4.79 Å². The summed E-state index contributed by atoms with van der Waals surface area (Å²) in [5, 5.41) is 2.70. The minimum atomic E-state index is -0.669. The van der Waals surface area contributed by atoms with Crippen LogP contribution in [0, 0.1) is 6.92 Å². The molecular weight excluding hydrogens is 412 g/mol. The highest BCUT2D eigenvalue weighted by Gasteiger charge is 2.17. The molecule has 0 aliphatic carbocycles. The summed E-state index contributed by atoms with van der Waals surface area (Å²) in [5.74, 6) is -0.633. The lowest BCUT2D eigenvalue weighted by atomic mass is 10.1. The molecule has 0 spiro atoms. The van der Waals surface area contributed by atoms with Crippen LogP contribution >= 0.6 is 0 Å². The molecule has 32 heavy (non-hydrogen) atoms. The Balaban J connectivity index is 1.59. The molecule has 2 amide bonds. The molecule has 0 saturated carbocycles. The smallest absolute Gasteiger partial charge is 0.338 e. The summed E-state index contributed by atoms with van der Waals surface area (Å²) in [6.45, 7) is 1.70. The van der Waals surface area contributed by atoms with E-state index in [1.165, 1.54) is 23.3 Å². The molecule has 0 radical (unpaired) electrons. The Kier molecular flexibility index (Phi) is 7.28. The van der Waals surface area contributed by atoms with Crippen molar-refractivity contribution in [1.29, 1.82) is 0 Å². The van der Waals surface area contributed by atoms with E-state index in [9.17, 15) is 14.4 Å². The maximum Gasteiger partial charge on any atom is 0.338 e. The molecule has 0 aliphatic heterocycles. The van der Waals surface area contributed by atoms with Crippen molar-refractivity contribution in [3.63, 3.8) is 0 Å². The first-order chi connectivity index (χ1) is 15.4. The first kappa shape index (κ1) is 22.6. The number of nitrogens with one attached hydrogen (secondary N) is 1. The van der Waals surface area contributed by atoms with Gasteiger partial charge in [-0.15, -0.1) is 0 Å². The first-order valence-corrected chi connectivity index (χ1v) is 9.87. The van der Waals surface area contributed by atoms with Crippen LogP contribution in [0.1, 0.15) is 32.0 Å². The molecule has 1 heterocycles. The number of anilines is 1. The summed E-state index contributed by atoms with van der Waals surface area (Å²) in [5.41, 5.74) is 2.26. The van der Waals surface area contributed by atoms with Crippen molar-refractivity contribution in [2.75, 3.05) is 26.1 Å². The maximum atomic E-state index is 12.5. The molecule has 8 nitrogen and oxygen atoms in total. The van der Waals surface area contributed by atoms with Crippen LogP contribution in [0.5, 0.6) is 5.75 Å². The summed E-state index contributed by atoms with van der Waals surface area (Å²) >= 11 is 0. The lowest BCUT2D eigenvalue weighted by Crippen LogP contribution is -2.31. The van der Waals surface area contributed by atoms with Gasteiger partial charge in [-0.1, -0.05) is 24.3 Å². The zero-order valence-electron chi connectivity index (χ0n) is 18.1. The second-order valence-electron chi connectivity index (χ2n) is 7.10. The lowest BCUT2D eigenvalue weighted by molar-refractivity contribution is -0.133. The van der Waals surface area contributed by atoms with Crippen LogP contribution in [0.2, 0.25) is 0 Å². The van der Waals surface area contributed by atoms with E-state index >= 15 is 0 Å². The Bertz CT molecular complexity index is 1110. The monoisotopic (exact) mass is 436 g/mol. The van der Waals surface area contributed by atoms with Gasteiger partial charge in [0.25, 0.3) is 11.8 Å². The van der Waals surface area contributed by atoms with Gasteiger partial charge in [0.15, 0.2) is 12.4 Å². The van der Waals surface area contributed by atoms with Crippen molar-refractivity contribution < 1.29 is 28.3 Å². The Morgan fingerprint density at radius 3 is 2.56 bits per heavy atom. The van der Waals surface area contributed by atoms with Crippen molar-refractivity contribution in [1.82, 2.24) is 4.90 Å².